The molecule has 0 saturated heterocycles. The Bertz CT molecular complexity index is 1150. The van der Waals surface area contributed by atoms with E-state index in [1.54, 1.807) is 11.0 Å². The van der Waals surface area contributed by atoms with Crippen LogP contribution in [0.25, 0.3) is 0 Å². The maximum absolute atomic E-state index is 13.9. The van der Waals surface area contributed by atoms with Crippen molar-refractivity contribution in [3.8, 4) is 5.75 Å². The maximum atomic E-state index is 13.9. The van der Waals surface area contributed by atoms with Crippen molar-refractivity contribution in [2.24, 2.45) is 0 Å². The van der Waals surface area contributed by atoms with Crippen LogP contribution in [-0.2, 0) is 30.6 Å². The van der Waals surface area contributed by atoms with E-state index in [-0.39, 0.29) is 17.5 Å². The average molecular weight is 482 g/mol. The maximum Gasteiger partial charge on any atom is 0.223 e. The monoisotopic (exact) mass is 481 g/mol. The van der Waals surface area contributed by atoms with Crippen molar-refractivity contribution < 1.29 is 19.0 Å². The lowest BCUT2D eigenvalue weighted by Gasteiger charge is -2.24. The highest BCUT2D eigenvalue weighted by Gasteiger charge is 2.35. The van der Waals surface area contributed by atoms with Crippen molar-refractivity contribution in [3.05, 3.63) is 99.8 Å². The first-order valence-corrected chi connectivity index (χ1v) is 11.9. The Morgan fingerprint density at radius 1 is 1.09 bits per heavy atom. The van der Waals surface area contributed by atoms with Crippen LogP contribution < -0.4 is 4.74 Å². The summed E-state index contributed by atoms with van der Waals surface area (Å²) in [4.78, 5) is 14.6. The van der Waals surface area contributed by atoms with Crippen molar-refractivity contribution in [1.29, 1.82) is 0 Å². The SMILES string of the molecule is C[C@]1(Cc2ccc(Cl)c(F)c2)Cc2cc(CCC(=O)N(CCO)Cc3ccccc3)ccc2O1. The molecule has 0 bridgehead atoms. The van der Waals surface area contributed by atoms with E-state index in [1.165, 1.54) is 6.07 Å². The second-order valence-electron chi connectivity index (χ2n) is 9.12. The number of carbonyl (C=O) groups is 1. The highest BCUT2D eigenvalue weighted by Crippen LogP contribution is 2.38. The van der Waals surface area contributed by atoms with Gasteiger partial charge in [0.05, 0.1) is 11.6 Å². The number of ether oxygens (including phenoxy) is 1. The molecule has 0 radical (unpaired) electrons. The summed E-state index contributed by atoms with van der Waals surface area (Å²) in [7, 11) is 0. The molecule has 34 heavy (non-hydrogen) atoms. The molecule has 4 nitrogen and oxygen atoms in total. The number of benzene rings is 3. The van der Waals surface area contributed by atoms with Gasteiger partial charge in [0.15, 0.2) is 0 Å². The van der Waals surface area contributed by atoms with Crippen LogP contribution in [0.2, 0.25) is 5.02 Å². The molecule has 3 aromatic carbocycles. The van der Waals surface area contributed by atoms with E-state index in [1.807, 2.05) is 55.5 Å². The summed E-state index contributed by atoms with van der Waals surface area (Å²) in [5.74, 6) is 0.426. The zero-order valence-corrected chi connectivity index (χ0v) is 20.0. The van der Waals surface area contributed by atoms with Gasteiger partial charge in [0.2, 0.25) is 5.91 Å². The van der Waals surface area contributed by atoms with Crippen LogP contribution >= 0.6 is 11.6 Å². The summed E-state index contributed by atoms with van der Waals surface area (Å²) >= 11 is 5.81. The Balaban J connectivity index is 1.37. The Morgan fingerprint density at radius 2 is 1.85 bits per heavy atom. The number of aliphatic hydroxyl groups is 1. The fraction of sp³-hybridized carbons (Fsp3) is 0.321. The van der Waals surface area contributed by atoms with E-state index in [2.05, 4.69) is 6.07 Å². The molecule has 0 unspecified atom stereocenters. The lowest BCUT2D eigenvalue weighted by molar-refractivity contribution is -0.132. The summed E-state index contributed by atoms with van der Waals surface area (Å²) in [5.41, 5.74) is 3.58. The van der Waals surface area contributed by atoms with Crippen molar-refractivity contribution >= 4 is 17.5 Å². The highest BCUT2D eigenvalue weighted by molar-refractivity contribution is 6.30. The second-order valence-corrected chi connectivity index (χ2v) is 9.53. The van der Waals surface area contributed by atoms with Gasteiger partial charge in [-0.15, -0.1) is 0 Å². The standard InChI is InChI=1S/C28H29ClFNO3/c1-28(17-22-7-10-24(29)25(30)16-22)18-23-15-20(8-11-26(23)34-28)9-12-27(33)31(13-14-32)19-21-5-3-2-4-6-21/h2-8,10-11,15-16,32H,9,12-14,17-19H2,1H3/t28-/m0/s1. The number of nitrogens with zero attached hydrogens (tertiary/aromatic N) is 1. The van der Waals surface area contributed by atoms with Gasteiger partial charge in [-0.1, -0.05) is 60.1 Å². The van der Waals surface area contributed by atoms with Crippen LogP contribution in [0.1, 0.15) is 35.6 Å². The third kappa shape index (κ3) is 5.96. The molecule has 4 rings (SSSR count). The lowest BCUT2D eigenvalue weighted by atomic mass is 9.91. The minimum Gasteiger partial charge on any atom is -0.487 e. The molecule has 1 aliphatic heterocycles. The molecule has 3 aromatic rings. The molecule has 1 atom stereocenters. The molecule has 1 N–H and O–H groups in total. The minimum atomic E-state index is -0.468. The van der Waals surface area contributed by atoms with Crippen LogP contribution in [0, 0.1) is 5.82 Å². The molecular formula is C28H29ClFNO3. The average Bonchev–Trinajstić information content (AvgIpc) is 3.15. The van der Waals surface area contributed by atoms with Crippen molar-refractivity contribution in [1.82, 2.24) is 4.90 Å². The predicted octanol–water partition coefficient (Wildman–Crippen LogP) is 5.37. The quantitative estimate of drug-likeness (QED) is 0.447. The molecule has 0 aliphatic carbocycles. The fourth-order valence-corrected chi connectivity index (χ4v) is 4.65. The summed E-state index contributed by atoms with van der Waals surface area (Å²) in [6, 6.07) is 20.7. The zero-order valence-electron chi connectivity index (χ0n) is 19.3. The molecule has 178 valence electrons. The van der Waals surface area contributed by atoms with Gasteiger partial charge in [-0.05, 0) is 53.8 Å². The van der Waals surface area contributed by atoms with Gasteiger partial charge in [-0.2, -0.15) is 0 Å². The molecule has 0 fully saturated rings. The number of aryl methyl sites for hydroxylation is 1. The number of hydrogen-bond donors (Lipinski definition) is 1. The largest absolute Gasteiger partial charge is 0.487 e. The van der Waals surface area contributed by atoms with Crippen LogP contribution in [0.4, 0.5) is 4.39 Å². The molecule has 0 saturated carbocycles. The van der Waals surface area contributed by atoms with Gasteiger partial charge >= 0.3 is 0 Å². The van der Waals surface area contributed by atoms with Gasteiger partial charge in [0.1, 0.15) is 17.2 Å². The number of halogens is 2. The normalized spacial score (nSPS) is 16.7. The van der Waals surface area contributed by atoms with Crippen molar-refractivity contribution in [2.75, 3.05) is 13.2 Å². The van der Waals surface area contributed by atoms with E-state index < -0.39 is 11.4 Å². The van der Waals surface area contributed by atoms with E-state index in [9.17, 15) is 14.3 Å². The summed E-state index contributed by atoms with van der Waals surface area (Å²) in [6.07, 6.45) is 2.26. The van der Waals surface area contributed by atoms with Gasteiger partial charge in [0, 0.05) is 32.4 Å². The first-order valence-electron chi connectivity index (χ1n) is 11.5. The van der Waals surface area contributed by atoms with E-state index in [4.69, 9.17) is 16.3 Å². The molecule has 1 aliphatic rings. The number of aliphatic hydroxyl groups excluding tert-OH is 1. The fourth-order valence-electron chi connectivity index (χ4n) is 4.54. The third-order valence-corrected chi connectivity index (χ3v) is 6.48. The van der Waals surface area contributed by atoms with Gasteiger partial charge in [-0.25, -0.2) is 4.39 Å². The Morgan fingerprint density at radius 3 is 2.59 bits per heavy atom. The molecule has 1 heterocycles. The second kappa shape index (κ2) is 10.6. The number of fused-ring (bicyclic) bond motifs is 1. The van der Waals surface area contributed by atoms with Crippen molar-refractivity contribution in [3.63, 3.8) is 0 Å². The van der Waals surface area contributed by atoms with Gasteiger partial charge in [-0.3, -0.25) is 4.79 Å². The Labute approximate surface area is 204 Å². The first kappa shape index (κ1) is 24.2. The molecule has 0 aromatic heterocycles. The van der Waals surface area contributed by atoms with Crippen molar-refractivity contribution in [2.45, 2.75) is 44.8 Å². The first-order chi connectivity index (χ1) is 16.3. The van der Waals surface area contributed by atoms with E-state index in [0.29, 0.717) is 38.8 Å². The predicted molar refractivity (Wildman–Crippen MR) is 132 cm³/mol. The molecule has 0 spiro atoms. The number of hydrogen-bond acceptors (Lipinski definition) is 3. The van der Waals surface area contributed by atoms with Gasteiger partial charge in [0.25, 0.3) is 0 Å². The zero-order chi connectivity index (χ0) is 24.1. The molecular weight excluding hydrogens is 453 g/mol. The summed E-state index contributed by atoms with van der Waals surface area (Å²) < 4.78 is 20.1. The number of rotatable bonds is 9. The minimum absolute atomic E-state index is 0.0178. The highest BCUT2D eigenvalue weighted by atomic mass is 35.5. The number of carbonyl (C=O) groups excluding carboxylic acids is 1. The van der Waals surface area contributed by atoms with Crippen LogP contribution in [0.5, 0.6) is 5.75 Å². The van der Waals surface area contributed by atoms with Crippen LogP contribution in [0.15, 0.2) is 66.7 Å². The van der Waals surface area contributed by atoms with Gasteiger partial charge < -0.3 is 14.7 Å². The Hall–Kier alpha value is -2.89. The van der Waals surface area contributed by atoms with E-state index in [0.717, 1.165) is 28.0 Å². The third-order valence-electron chi connectivity index (χ3n) is 6.17. The molecule has 6 heteroatoms. The van der Waals surface area contributed by atoms with E-state index >= 15 is 0 Å². The Kier molecular flexibility index (Phi) is 7.54. The summed E-state index contributed by atoms with van der Waals surface area (Å²) in [5, 5.41) is 9.52. The summed E-state index contributed by atoms with van der Waals surface area (Å²) in [6.45, 7) is 2.77. The topological polar surface area (TPSA) is 49.8 Å². The molecule has 1 amide bonds. The van der Waals surface area contributed by atoms with Crippen LogP contribution in [0.3, 0.4) is 0 Å². The van der Waals surface area contributed by atoms with Crippen LogP contribution in [-0.4, -0.2) is 34.7 Å². The lowest BCUT2D eigenvalue weighted by Crippen LogP contribution is -2.33. The smallest absolute Gasteiger partial charge is 0.223 e. The number of amides is 1.